The minimum Gasteiger partial charge on any atom is -0.255 e. The zero-order chi connectivity index (χ0) is 78.8. The molecule has 0 fully saturated rings. The summed E-state index contributed by atoms with van der Waals surface area (Å²) in [7, 11) is 0. The number of hydrogen-bond donors (Lipinski definition) is 0. The Kier molecular flexibility index (Phi) is 19.4. The molecule has 0 amide bonds. The van der Waals surface area contributed by atoms with Crippen LogP contribution in [0.2, 0.25) is 0 Å². The maximum atomic E-state index is 5.31. The van der Waals surface area contributed by atoms with E-state index in [4.69, 9.17) is 39.9 Å². The molecular formula is C108H77N9. The van der Waals surface area contributed by atoms with Crippen LogP contribution in [-0.4, -0.2) is 44.9 Å². The van der Waals surface area contributed by atoms with Gasteiger partial charge in [0.25, 0.3) is 0 Å². The van der Waals surface area contributed by atoms with Crippen LogP contribution in [0.4, 0.5) is 0 Å². The summed E-state index contributed by atoms with van der Waals surface area (Å²) in [6.45, 7) is 8.72. The van der Waals surface area contributed by atoms with Crippen LogP contribution in [0, 0.1) is 6.92 Å². The predicted octanol–water partition coefficient (Wildman–Crippen LogP) is 27.5. The van der Waals surface area contributed by atoms with Crippen molar-refractivity contribution in [3.8, 4) is 157 Å². The summed E-state index contributed by atoms with van der Waals surface area (Å²) < 4.78 is 0. The first-order valence-corrected chi connectivity index (χ1v) is 39.5. The Morgan fingerprint density at radius 2 is 0.521 bits per heavy atom. The van der Waals surface area contributed by atoms with E-state index in [1.807, 2.05) is 85.8 Å². The van der Waals surface area contributed by atoms with E-state index in [1.54, 1.807) is 6.20 Å². The summed E-state index contributed by atoms with van der Waals surface area (Å²) in [5.74, 6) is 1.38. The van der Waals surface area contributed by atoms with E-state index in [1.165, 1.54) is 22.3 Å². The van der Waals surface area contributed by atoms with Crippen molar-refractivity contribution in [2.24, 2.45) is 0 Å². The molecule has 0 spiro atoms. The molecule has 0 aliphatic rings. The predicted molar refractivity (Wildman–Crippen MR) is 483 cm³/mol. The third-order valence-corrected chi connectivity index (χ3v) is 21.6. The van der Waals surface area contributed by atoms with Crippen molar-refractivity contribution >= 4 is 43.6 Å². The second-order valence-corrected chi connectivity index (χ2v) is 30.5. The first-order chi connectivity index (χ1) is 57.5. The van der Waals surface area contributed by atoms with Crippen molar-refractivity contribution < 1.29 is 0 Å². The fourth-order valence-corrected chi connectivity index (χ4v) is 15.4. The number of rotatable bonds is 14. The van der Waals surface area contributed by atoms with Gasteiger partial charge < -0.3 is 0 Å². The minimum atomic E-state index is -0.164. The van der Waals surface area contributed by atoms with Gasteiger partial charge >= 0.3 is 0 Å². The third-order valence-electron chi connectivity index (χ3n) is 21.6. The molecule has 7 heterocycles. The first kappa shape index (κ1) is 72.1. The number of nitrogens with zero attached hydrogens (tertiary/aromatic N) is 9. The van der Waals surface area contributed by atoms with E-state index in [0.717, 1.165) is 178 Å². The van der Waals surface area contributed by atoms with Gasteiger partial charge in [0.05, 0.1) is 61.9 Å². The molecule has 0 saturated carbocycles. The summed E-state index contributed by atoms with van der Waals surface area (Å²) in [6.07, 6.45) is 1.80. The molecule has 554 valence electrons. The molecule has 0 aliphatic heterocycles. The van der Waals surface area contributed by atoms with Crippen LogP contribution in [0.1, 0.15) is 32.2 Å². The number of aryl methyl sites for hydroxylation is 1. The van der Waals surface area contributed by atoms with Gasteiger partial charge in [0.15, 0.2) is 11.6 Å². The lowest BCUT2D eigenvalue weighted by Crippen LogP contribution is -2.14. The molecule has 0 aliphatic carbocycles. The van der Waals surface area contributed by atoms with Gasteiger partial charge in [-0.25, -0.2) is 34.9 Å². The lowest BCUT2D eigenvalue weighted by atomic mass is 9.87. The van der Waals surface area contributed by atoms with Crippen molar-refractivity contribution in [1.82, 2.24) is 44.9 Å². The standard InChI is InChI=1S/C56H42N4.C52H35N5/c1-56(2,3)52-35-48(47-32-30-43-31-33-49(40-16-9-5-10-17-40)57-53(43)54(47)60-52)46-21-13-20-45(34-46)39-24-28-42(29-25-39)51-36-50(58-55(59-51)44-18-11-6-12-19-44)41-26-22-38(23-27-41)37-14-7-4-8-15-37;1-34-31-45(44-28-26-40-27-29-47(46-17-8-9-30-53-46)55-50(40)51(44)54-34)43-16-10-15-42(32-43)37-20-24-41(25-21-37)52-56-48(38-13-6-3-7-14-38)33-49(57-52)39-22-18-36(19-23-39)35-11-4-2-5-12-35/h4-36H,1-3H3;2-33H,1H3. The van der Waals surface area contributed by atoms with Gasteiger partial charge in [-0.1, -0.05) is 348 Å². The van der Waals surface area contributed by atoms with E-state index in [-0.39, 0.29) is 5.41 Å². The number of benzene rings is 13. The van der Waals surface area contributed by atoms with Crippen LogP contribution < -0.4 is 0 Å². The van der Waals surface area contributed by atoms with Crippen LogP contribution in [0.15, 0.2) is 394 Å². The Bertz CT molecular complexity index is 7030. The Morgan fingerprint density at radius 1 is 0.197 bits per heavy atom. The number of pyridine rings is 5. The summed E-state index contributed by atoms with van der Waals surface area (Å²) in [4.78, 5) is 45.5. The van der Waals surface area contributed by atoms with Crippen molar-refractivity contribution in [3.05, 3.63) is 406 Å². The highest BCUT2D eigenvalue weighted by Crippen LogP contribution is 2.41. The van der Waals surface area contributed by atoms with Crippen molar-refractivity contribution in [1.29, 1.82) is 0 Å². The largest absolute Gasteiger partial charge is 0.255 e. The van der Waals surface area contributed by atoms with E-state index in [2.05, 4.69) is 335 Å². The number of fused-ring (bicyclic) bond motifs is 6. The quantitative estimate of drug-likeness (QED) is 0.0981. The number of hydrogen-bond acceptors (Lipinski definition) is 9. The zero-order valence-electron chi connectivity index (χ0n) is 65.1. The highest BCUT2D eigenvalue weighted by molar-refractivity contribution is 6.10. The van der Waals surface area contributed by atoms with Gasteiger partial charge in [0.1, 0.15) is 0 Å². The molecule has 13 aromatic carbocycles. The molecule has 7 aromatic heterocycles. The van der Waals surface area contributed by atoms with E-state index in [0.29, 0.717) is 11.6 Å². The molecular weight excluding hydrogens is 1420 g/mol. The second-order valence-electron chi connectivity index (χ2n) is 30.5. The Hall–Kier alpha value is -15.2. The summed E-state index contributed by atoms with van der Waals surface area (Å²) >= 11 is 0. The summed E-state index contributed by atoms with van der Waals surface area (Å²) in [5, 5.41) is 4.27. The zero-order valence-corrected chi connectivity index (χ0v) is 65.1. The second kappa shape index (κ2) is 31.4. The Morgan fingerprint density at radius 3 is 0.966 bits per heavy atom. The average Bonchev–Trinajstić information content (AvgIpc) is 0.760. The Balaban J connectivity index is 0.000000156. The maximum absolute atomic E-state index is 5.31. The molecule has 0 N–H and O–H groups in total. The molecule has 0 saturated heterocycles. The molecule has 20 rings (SSSR count). The van der Waals surface area contributed by atoms with Crippen LogP contribution >= 0.6 is 0 Å². The monoisotopic (exact) mass is 1500 g/mol. The molecule has 9 nitrogen and oxygen atoms in total. The normalized spacial score (nSPS) is 11.4. The molecule has 0 radical (unpaired) electrons. The van der Waals surface area contributed by atoms with Gasteiger partial charge in [0, 0.05) is 83.5 Å². The first-order valence-electron chi connectivity index (χ1n) is 39.5. The molecule has 0 atom stereocenters. The lowest BCUT2D eigenvalue weighted by molar-refractivity contribution is 0.572. The average molecular weight is 1500 g/mol. The topological polar surface area (TPSA) is 116 Å². The summed E-state index contributed by atoms with van der Waals surface area (Å²) in [5.41, 5.74) is 32.5. The van der Waals surface area contributed by atoms with Crippen molar-refractivity contribution in [3.63, 3.8) is 0 Å². The Labute approximate surface area is 680 Å². The smallest absolute Gasteiger partial charge is 0.160 e. The molecule has 117 heavy (non-hydrogen) atoms. The van der Waals surface area contributed by atoms with E-state index in [9.17, 15) is 0 Å². The molecule has 0 unspecified atom stereocenters. The van der Waals surface area contributed by atoms with Gasteiger partial charge in [0.2, 0.25) is 0 Å². The van der Waals surface area contributed by atoms with Crippen LogP contribution in [0.5, 0.6) is 0 Å². The van der Waals surface area contributed by atoms with Crippen LogP contribution in [0.25, 0.3) is 201 Å². The third kappa shape index (κ3) is 15.2. The highest BCUT2D eigenvalue weighted by atomic mass is 14.9. The number of aromatic nitrogens is 9. The lowest BCUT2D eigenvalue weighted by Gasteiger charge is -2.21. The van der Waals surface area contributed by atoms with Crippen LogP contribution in [0.3, 0.4) is 0 Å². The van der Waals surface area contributed by atoms with Gasteiger partial charge in [-0.15, -0.1) is 0 Å². The minimum absolute atomic E-state index is 0.164. The van der Waals surface area contributed by atoms with E-state index >= 15 is 0 Å². The van der Waals surface area contributed by atoms with Crippen LogP contribution in [-0.2, 0) is 5.41 Å². The maximum Gasteiger partial charge on any atom is 0.160 e. The van der Waals surface area contributed by atoms with Crippen molar-refractivity contribution in [2.75, 3.05) is 0 Å². The van der Waals surface area contributed by atoms with Gasteiger partial charge in [-0.2, -0.15) is 0 Å². The van der Waals surface area contributed by atoms with Gasteiger partial charge in [-0.05, 0) is 134 Å². The van der Waals surface area contributed by atoms with E-state index < -0.39 is 0 Å². The molecule has 20 aromatic rings. The highest BCUT2D eigenvalue weighted by Gasteiger charge is 2.23. The summed E-state index contributed by atoms with van der Waals surface area (Å²) in [6, 6.07) is 135. The fraction of sp³-hybridized carbons (Fsp3) is 0.0463. The van der Waals surface area contributed by atoms with Crippen molar-refractivity contribution in [2.45, 2.75) is 33.1 Å². The fourth-order valence-electron chi connectivity index (χ4n) is 15.4. The molecule has 0 bridgehead atoms. The SMILES string of the molecule is CC(C)(C)c1cc(-c2cccc(-c3ccc(-c4cc(-c5ccc(-c6ccccc6)cc5)nc(-c5ccccc5)n4)cc3)c2)c2ccc3ccc(-c4ccccc4)nc3c2n1.Cc1cc(-c2cccc(-c3ccc(-c4nc(-c5ccccc5)cc(-c5ccc(-c6ccccc6)cc5)n4)cc3)c2)c2ccc3ccc(-c4ccccn4)nc3c2n1. The molecule has 9 heteroatoms. The van der Waals surface area contributed by atoms with Gasteiger partial charge in [-0.3, -0.25) is 9.97 Å².